The van der Waals surface area contributed by atoms with Gasteiger partial charge in [-0.2, -0.15) is 5.10 Å². The summed E-state index contributed by atoms with van der Waals surface area (Å²) in [6, 6.07) is 5.87. The second-order valence-corrected chi connectivity index (χ2v) is 4.29. The number of anilines is 1. The molecule has 0 spiro atoms. The second-order valence-electron chi connectivity index (χ2n) is 4.29. The first-order chi connectivity index (χ1) is 9.58. The largest absolute Gasteiger partial charge is 0.383 e. The number of hydrogen-bond acceptors (Lipinski definition) is 5. The molecule has 0 unspecified atom stereocenters. The predicted octanol–water partition coefficient (Wildman–Crippen LogP) is 2.26. The highest BCUT2D eigenvalue weighted by Gasteiger charge is 2.17. The van der Waals surface area contributed by atoms with Crippen LogP contribution in [0.25, 0.3) is 11.3 Å². The van der Waals surface area contributed by atoms with Crippen molar-refractivity contribution < 1.29 is 9.72 Å². The number of nitrogens with two attached hydrogens (primary N) is 1. The molecule has 1 aromatic heterocycles. The maximum atomic E-state index is 11.2. The van der Waals surface area contributed by atoms with Gasteiger partial charge < -0.3 is 5.73 Å². The first-order valence-corrected chi connectivity index (χ1v) is 6.14. The lowest BCUT2D eigenvalue weighted by Crippen LogP contribution is -2.04. The zero-order valence-electron chi connectivity index (χ0n) is 10.9. The molecule has 0 aliphatic carbocycles. The number of aldehydes is 1. The number of non-ortho nitro benzene ring substituents is 1. The van der Waals surface area contributed by atoms with Crippen LogP contribution in [0.15, 0.2) is 24.3 Å². The summed E-state index contributed by atoms with van der Waals surface area (Å²) < 4.78 is 1.57. The Morgan fingerprint density at radius 2 is 2.05 bits per heavy atom. The van der Waals surface area contributed by atoms with Crippen molar-refractivity contribution >= 4 is 17.8 Å². The Hall–Kier alpha value is -2.70. The van der Waals surface area contributed by atoms with Gasteiger partial charge in [0.05, 0.1) is 10.5 Å². The Morgan fingerprint density at radius 3 is 2.55 bits per heavy atom. The van der Waals surface area contributed by atoms with Gasteiger partial charge in [0.1, 0.15) is 11.5 Å². The molecule has 2 rings (SSSR count). The van der Waals surface area contributed by atoms with Crippen LogP contribution in [0.5, 0.6) is 0 Å². The van der Waals surface area contributed by atoms with Crippen LogP contribution in [-0.2, 0) is 6.54 Å². The molecule has 7 nitrogen and oxygen atoms in total. The fraction of sp³-hybridized carbons (Fsp3) is 0.231. The molecule has 1 aromatic carbocycles. The number of nitrogens with zero attached hydrogens (tertiary/aromatic N) is 3. The first-order valence-electron chi connectivity index (χ1n) is 6.14. The number of nitro groups is 1. The highest BCUT2D eigenvalue weighted by molar-refractivity contribution is 5.91. The molecule has 2 N–H and O–H groups in total. The van der Waals surface area contributed by atoms with E-state index in [1.54, 1.807) is 16.8 Å². The molecule has 0 bridgehead atoms. The normalized spacial score (nSPS) is 10.4. The van der Waals surface area contributed by atoms with E-state index in [9.17, 15) is 14.9 Å². The van der Waals surface area contributed by atoms with Crippen LogP contribution in [0.2, 0.25) is 0 Å². The number of aryl methyl sites for hydroxylation is 1. The fourth-order valence-corrected chi connectivity index (χ4v) is 1.94. The number of hydrogen-bond donors (Lipinski definition) is 1. The highest BCUT2D eigenvalue weighted by atomic mass is 16.6. The summed E-state index contributed by atoms with van der Waals surface area (Å²) in [5.74, 6) is 0.315. The van der Waals surface area contributed by atoms with E-state index in [2.05, 4.69) is 5.10 Å². The van der Waals surface area contributed by atoms with Crippen molar-refractivity contribution in [2.24, 2.45) is 0 Å². The molecule has 0 atom stereocenters. The lowest BCUT2D eigenvalue weighted by Gasteiger charge is -1.99. The molecule has 104 valence electrons. The molecule has 20 heavy (non-hydrogen) atoms. The Bertz CT molecular complexity index is 646. The van der Waals surface area contributed by atoms with Gasteiger partial charge in [-0.05, 0) is 18.6 Å². The first kappa shape index (κ1) is 13.7. The summed E-state index contributed by atoms with van der Waals surface area (Å²) in [5.41, 5.74) is 7.25. The number of rotatable bonds is 5. The number of aromatic nitrogens is 2. The summed E-state index contributed by atoms with van der Waals surface area (Å²) in [4.78, 5) is 21.3. The molecule has 0 fully saturated rings. The molecular weight excluding hydrogens is 260 g/mol. The van der Waals surface area contributed by atoms with E-state index < -0.39 is 4.92 Å². The third-order valence-corrected chi connectivity index (χ3v) is 2.93. The van der Waals surface area contributed by atoms with Gasteiger partial charge in [-0.25, -0.2) is 4.68 Å². The summed E-state index contributed by atoms with van der Waals surface area (Å²) in [5, 5.41) is 14.9. The molecule has 0 aliphatic rings. The lowest BCUT2D eigenvalue weighted by atomic mass is 10.1. The molecule has 0 saturated heterocycles. The van der Waals surface area contributed by atoms with Crippen molar-refractivity contribution in [2.75, 3.05) is 5.73 Å². The van der Waals surface area contributed by atoms with Gasteiger partial charge in [0.25, 0.3) is 5.69 Å². The third-order valence-electron chi connectivity index (χ3n) is 2.93. The van der Waals surface area contributed by atoms with E-state index in [-0.39, 0.29) is 5.69 Å². The van der Waals surface area contributed by atoms with Crippen molar-refractivity contribution in [3.05, 3.63) is 39.9 Å². The number of nitro benzene ring substituents is 1. The minimum atomic E-state index is -0.478. The van der Waals surface area contributed by atoms with Crippen LogP contribution >= 0.6 is 0 Å². The van der Waals surface area contributed by atoms with Crippen LogP contribution in [0.1, 0.15) is 23.7 Å². The van der Waals surface area contributed by atoms with Crippen molar-refractivity contribution in [3.63, 3.8) is 0 Å². The Balaban J connectivity index is 2.48. The van der Waals surface area contributed by atoms with E-state index >= 15 is 0 Å². The van der Waals surface area contributed by atoms with Gasteiger partial charge in [-0.3, -0.25) is 14.9 Å². The van der Waals surface area contributed by atoms with Crippen molar-refractivity contribution in [1.29, 1.82) is 0 Å². The maximum absolute atomic E-state index is 11.2. The minimum absolute atomic E-state index is 0.0117. The monoisotopic (exact) mass is 274 g/mol. The van der Waals surface area contributed by atoms with Crippen molar-refractivity contribution in [3.8, 4) is 11.3 Å². The van der Waals surface area contributed by atoms with E-state index in [4.69, 9.17) is 5.73 Å². The van der Waals surface area contributed by atoms with Gasteiger partial charge in [0, 0.05) is 24.2 Å². The van der Waals surface area contributed by atoms with Gasteiger partial charge in [-0.1, -0.05) is 6.92 Å². The molecule has 2 aromatic rings. The lowest BCUT2D eigenvalue weighted by molar-refractivity contribution is -0.384. The topological polar surface area (TPSA) is 104 Å². The van der Waals surface area contributed by atoms with Gasteiger partial charge in [0.2, 0.25) is 0 Å². The predicted molar refractivity (Wildman–Crippen MR) is 74.4 cm³/mol. The average Bonchev–Trinajstić information content (AvgIpc) is 2.76. The van der Waals surface area contributed by atoms with Crippen LogP contribution < -0.4 is 5.73 Å². The number of carbonyl (C=O) groups is 1. The standard InChI is InChI=1S/C13H14N4O3/c1-2-7-16-13(14)11(8-18)12(15-16)9-3-5-10(6-4-9)17(19)20/h3-6,8H,2,7,14H2,1H3. The molecular formula is C13H14N4O3. The fourth-order valence-electron chi connectivity index (χ4n) is 1.94. The molecule has 0 saturated carbocycles. The van der Waals surface area contributed by atoms with Crippen LogP contribution in [0.3, 0.4) is 0 Å². The molecule has 7 heteroatoms. The second kappa shape index (κ2) is 5.52. The zero-order chi connectivity index (χ0) is 14.7. The minimum Gasteiger partial charge on any atom is -0.383 e. The Kier molecular flexibility index (Phi) is 3.79. The van der Waals surface area contributed by atoms with Crippen LogP contribution in [0, 0.1) is 10.1 Å². The van der Waals surface area contributed by atoms with E-state index in [0.29, 0.717) is 35.5 Å². The summed E-state index contributed by atoms with van der Waals surface area (Å²) in [6.07, 6.45) is 1.50. The van der Waals surface area contributed by atoms with Gasteiger partial charge in [0.15, 0.2) is 6.29 Å². The van der Waals surface area contributed by atoms with E-state index in [0.717, 1.165) is 6.42 Å². The Morgan fingerprint density at radius 1 is 1.40 bits per heavy atom. The van der Waals surface area contributed by atoms with E-state index in [1.807, 2.05) is 6.92 Å². The smallest absolute Gasteiger partial charge is 0.269 e. The maximum Gasteiger partial charge on any atom is 0.269 e. The molecule has 0 aliphatic heterocycles. The highest BCUT2D eigenvalue weighted by Crippen LogP contribution is 2.27. The average molecular weight is 274 g/mol. The molecule has 1 heterocycles. The number of benzene rings is 1. The van der Waals surface area contributed by atoms with Gasteiger partial charge >= 0.3 is 0 Å². The van der Waals surface area contributed by atoms with Crippen molar-refractivity contribution in [2.45, 2.75) is 19.9 Å². The third kappa shape index (κ3) is 2.37. The molecule has 0 amide bonds. The SMILES string of the molecule is CCCn1nc(-c2ccc([N+](=O)[O-])cc2)c(C=O)c1N. The molecule has 0 radical (unpaired) electrons. The number of nitrogen functional groups attached to an aromatic ring is 1. The number of carbonyl (C=O) groups excluding carboxylic acids is 1. The summed E-state index contributed by atoms with van der Waals surface area (Å²) in [7, 11) is 0. The summed E-state index contributed by atoms with van der Waals surface area (Å²) in [6.45, 7) is 2.59. The van der Waals surface area contributed by atoms with E-state index in [1.165, 1.54) is 12.1 Å². The van der Waals surface area contributed by atoms with Crippen LogP contribution in [0.4, 0.5) is 11.5 Å². The van der Waals surface area contributed by atoms with Gasteiger partial charge in [-0.15, -0.1) is 0 Å². The quantitative estimate of drug-likeness (QED) is 0.511. The zero-order valence-corrected chi connectivity index (χ0v) is 10.9. The Labute approximate surface area is 115 Å². The van der Waals surface area contributed by atoms with Crippen molar-refractivity contribution in [1.82, 2.24) is 9.78 Å². The summed E-state index contributed by atoms with van der Waals surface area (Å²) >= 11 is 0. The van der Waals surface area contributed by atoms with Crippen LogP contribution in [-0.4, -0.2) is 21.0 Å².